The summed E-state index contributed by atoms with van der Waals surface area (Å²) in [7, 11) is 0. The molecular formula is C15H17NO4. The number of nitrogens with zero attached hydrogens (tertiary/aromatic N) is 1. The number of carbonyl (C=O) groups excluding carboxylic acids is 2. The van der Waals surface area contributed by atoms with E-state index in [2.05, 4.69) is 12.6 Å². The molecule has 5 atom stereocenters. The van der Waals surface area contributed by atoms with Crippen molar-refractivity contribution in [2.75, 3.05) is 0 Å². The molecule has 3 rings (SSSR count). The van der Waals surface area contributed by atoms with E-state index in [1.807, 2.05) is 13.8 Å². The van der Waals surface area contributed by atoms with Crippen LogP contribution in [0.15, 0.2) is 12.2 Å². The third kappa shape index (κ3) is 1.27. The van der Waals surface area contributed by atoms with E-state index < -0.39 is 29.6 Å². The monoisotopic (exact) mass is 275 g/mol. The average molecular weight is 275 g/mol. The summed E-state index contributed by atoms with van der Waals surface area (Å²) in [6.07, 6.45) is -0.559. The first-order valence-electron chi connectivity index (χ1n) is 6.74. The molecule has 20 heavy (non-hydrogen) atoms. The maximum absolute atomic E-state index is 12.1. The molecule has 0 aromatic heterocycles. The van der Waals surface area contributed by atoms with E-state index in [1.165, 1.54) is 0 Å². The van der Waals surface area contributed by atoms with Crippen LogP contribution in [-0.2, 0) is 19.1 Å². The molecule has 2 bridgehead atoms. The second kappa shape index (κ2) is 3.63. The molecule has 2 aliphatic carbocycles. The van der Waals surface area contributed by atoms with Gasteiger partial charge < -0.3 is 9.47 Å². The number of hydrogen-bond donors (Lipinski definition) is 0. The van der Waals surface area contributed by atoms with Gasteiger partial charge in [0.25, 0.3) is 0 Å². The van der Waals surface area contributed by atoms with Crippen molar-refractivity contribution < 1.29 is 19.1 Å². The molecule has 5 heteroatoms. The van der Waals surface area contributed by atoms with Crippen molar-refractivity contribution in [2.45, 2.75) is 39.4 Å². The van der Waals surface area contributed by atoms with Crippen LogP contribution in [-0.4, -0.2) is 24.1 Å². The Morgan fingerprint density at radius 1 is 1.55 bits per heavy atom. The van der Waals surface area contributed by atoms with Crippen LogP contribution in [0.1, 0.15) is 27.2 Å². The number of hydrogen-bond acceptors (Lipinski definition) is 5. The lowest BCUT2D eigenvalue weighted by Crippen LogP contribution is -2.40. The Hall–Kier alpha value is -1.83. The van der Waals surface area contributed by atoms with E-state index >= 15 is 0 Å². The van der Waals surface area contributed by atoms with Crippen LogP contribution < -0.4 is 0 Å². The van der Waals surface area contributed by atoms with Crippen molar-refractivity contribution in [1.29, 1.82) is 5.26 Å². The Morgan fingerprint density at radius 3 is 2.75 bits per heavy atom. The smallest absolute Gasteiger partial charge is 0.333 e. The van der Waals surface area contributed by atoms with Gasteiger partial charge in [0.15, 0.2) is 5.41 Å². The number of ether oxygens (including phenoxy) is 2. The van der Waals surface area contributed by atoms with Gasteiger partial charge in [-0.3, -0.25) is 4.79 Å². The molecule has 1 saturated heterocycles. The lowest BCUT2D eigenvalue weighted by Gasteiger charge is -2.27. The number of nitriles is 1. The third-order valence-electron chi connectivity index (χ3n) is 5.28. The highest BCUT2D eigenvalue weighted by molar-refractivity contribution is 5.88. The van der Waals surface area contributed by atoms with Gasteiger partial charge in [0.1, 0.15) is 12.2 Å². The van der Waals surface area contributed by atoms with Crippen molar-refractivity contribution in [3.05, 3.63) is 12.2 Å². The molecule has 0 N–H and O–H groups in total. The minimum atomic E-state index is -1.05. The first-order chi connectivity index (χ1) is 9.25. The summed E-state index contributed by atoms with van der Waals surface area (Å²) in [6.45, 7) is 9.19. The summed E-state index contributed by atoms with van der Waals surface area (Å²) in [4.78, 5) is 23.9. The lowest BCUT2D eigenvalue weighted by atomic mass is 9.72. The van der Waals surface area contributed by atoms with Gasteiger partial charge in [0, 0.05) is 17.4 Å². The van der Waals surface area contributed by atoms with Gasteiger partial charge in [-0.05, 0) is 18.8 Å². The molecule has 5 nitrogen and oxygen atoms in total. The van der Waals surface area contributed by atoms with Crippen LogP contribution in [0.25, 0.3) is 0 Å². The summed E-state index contributed by atoms with van der Waals surface area (Å²) < 4.78 is 10.9. The van der Waals surface area contributed by atoms with Crippen LogP contribution >= 0.6 is 0 Å². The predicted octanol–water partition coefficient (Wildman–Crippen LogP) is 1.59. The zero-order chi connectivity index (χ0) is 14.9. The van der Waals surface area contributed by atoms with Crippen molar-refractivity contribution in [1.82, 2.24) is 0 Å². The fraction of sp³-hybridized carbons (Fsp3) is 0.667. The molecule has 1 heterocycles. The number of fused-ring (bicyclic) bond motifs is 1. The number of rotatable bonds is 2. The van der Waals surface area contributed by atoms with Crippen molar-refractivity contribution >= 4 is 11.9 Å². The molecule has 5 unspecified atom stereocenters. The van der Waals surface area contributed by atoms with Gasteiger partial charge in [-0.1, -0.05) is 20.4 Å². The molecule has 3 fully saturated rings. The van der Waals surface area contributed by atoms with Crippen LogP contribution in [0.2, 0.25) is 0 Å². The van der Waals surface area contributed by atoms with Gasteiger partial charge in [-0.2, -0.15) is 5.26 Å². The number of esters is 2. The second-order valence-corrected chi connectivity index (χ2v) is 6.71. The molecule has 0 amide bonds. The highest BCUT2D eigenvalue weighted by atomic mass is 16.6. The van der Waals surface area contributed by atoms with E-state index in [4.69, 9.17) is 9.47 Å². The Bertz CT molecular complexity index is 573. The van der Waals surface area contributed by atoms with E-state index in [-0.39, 0.29) is 17.3 Å². The minimum Gasteiger partial charge on any atom is -0.457 e. The Morgan fingerprint density at radius 2 is 2.20 bits per heavy atom. The Labute approximate surface area is 117 Å². The molecule has 0 aromatic carbocycles. The summed E-state index contributed by atoms with van der Waals surface area (Å²) in [5.74, 6) is -1.17. The van der Waals surface area contributed by atoms with Crippen molar-refractivity contribution in [3.63, 3.8) is 0 Å². The zero-order valence-electron chi connectivity index (χ0n) is 11.8. The maximum Gasteiger partial charge on any atom is 0.333 e. The zero-order valence-corrected chi connectivity index (χ0v) is 11.8. The predicted molar refractivity (Wildman–Crippen MR) is 68.0 cm³/mol. The fourth-order valence-electron chi connectivity index (χ4n) is 4.37. The fourth-order valence-corrected chi connectivity index (χ4v) is 4.37. The van der Waals surface area contributed by atoms with Crippen LogP contribution in [0, 0.1) is 34.0 Å². The van der Waals surface area contributed by atoms with Gasteiger partial charge in [-0.25, -0.2) is 4.79 Å². The van der Waals surface area contributed by atoms with Gasteiger partial charge in [-0.15, -0.1) is 0 Å². The van der Waals surface area contributed by atoms with E-state index in [1.54, 1.807) is 6.92 Å². The van der Waals surface area contributed by atoms with Crippen molar-refractivity contribution in [3.8, 4) is 6.07 Å². The third-order valence-corrected chi connectivity index (χ3v) is 5.28. The summed E-state index contributed by atoms with van der Waals surface area (Å²) in [5, 5.41) is 9.45. The molecule has 0 spiro atoms. The normalized spacial score (nSPS) is 43.0. The summed E-state index contributed by atoms with van der Waals surface area (Å²) >= 11 is 0. The van der Waals surface area contributed by atoms with E-state index in [0.29, 0.717) is 12.0 Å². The summed E-state index contributed by atoms with van der Waals surface area (Å²) in [5.41, 5.74) is -0.987. The number of carbonyl (C=O) groups is 2. The second-order valence-electron chi connectivity index (χ2n) is 6.71. The van der Waals surface area contributed by atoms with E-state index in [9.17, 15) is 14.9 Å². The van der Waals surface area contributed by atoms with Gasteiger partial charge in [0.2, 0.25) is 0 Å². The quantitative estimate of drug-likeness (QED) is 0.565. The lowest BCUT2D eigenvalue weighted by molar-refractivity contribution is -0.158. The standard InChI is InChI=1S/C15H17NO4/c1-7(2)12(17)19-9-8-5-15(6-16)11(14(8,3)4)10(9)20-13(15)18/h8-11H,1,5H2,2-4H3. The maximum atomic E-state index is 12.1. The molecule has 2 saturated carbocycles. The largest absolute Gasteiger partial charge is 0.457 e. The van der Waals surface area contributed by atoms with Gasteiger partial charge in [0.05, 0.1) is 6.07 Å². The average Bonchev–Trinajstić information content (AvgIpc) is 2.83. The molecule has 0 radical (unpaired) electrons. The van der Waals surface area contributed by atoms with Crippen LogP contribution in [0.3, 0.4) is 0 Å². The van der Waals surface area contributed by atoms with E-state index in [0.717, 1.165) is 0 Å². The molecule has 106 valence electrons. The highest BCUT2D eigenvalue weighted by Crippen LogP contribution is 2.70. The first kappa shape index (κ1) is 13.2. The summed E-state index contributed by atoms with van der Waals surface area (Å²) in [6, 6.07) is 2.17. The SMILES string of the molecule is C=C(C)C(=O)OC1C2OC(=O)C3(C#N)CC1C(C)(C)C23. The van der Waals surface area contributed by atoms with Gasteiger partial charge >= 0.3 is 11.9 Å². The first-order valence-corrected chi connectivity index (χ1v) is 6.74. The van der Waals surface area contributed by atoms with Crippen LogP contribution in [0.5, 0.6) is 0 Å². The Kier molecular flexibility index (Phi) is 2.39. The molecule has 0 aromatic rings. The molecule has 1 aliphatic heterocycles. The molecular weight excluding hydrogens is 258 g/mol. The topological polar surface area (TPSA) is 76.4 Å². The van der Waals surface area contributed by atoms with Crippen molar-refractivity contribution in [2.24, 2.45) is 22.7 Å². The van der Waals surface area contributed by atoms with Crippen LogP contribution in [0.4, 0.5) is 0 Å². The molecule has 3 aliphatic rings. The highest BCUT2D eigenvalue weighted by Gasteiger charge is 2.79. The minimum absolute atomic E-state index is 0.0353. The Balaban J connectivity index is 1.98.